The van der Waals surface area contributed by atoms with Gasteiger partial charge in [0.25, 0.3) is 0 Å². The highest BCUT2D eigenvalue weighted by atomic mass is 16.5. The molecule has 0 spiro atoms. The van der Waals surface area contributed by atoms with Crippen molar-refractivity contribution in [1.82, 2.24) is 5.32 Å². The fourth-order valence-corrected chi connectivity index (χ4v) is 3.18. The van der Waals surface area contributed by atoms with Crippen LogP contribution in [-0.2, 0) is 16.0 Å². The molecule has 2 aromatic carbocycles. The van der Waals surface area contributed by atoms with Crippen molar-refractivity contribution in [2.24, 2.45) is 0 Å². The predicted molar refractivity (Wildman–Crippen MR) is 115 cm³/mol. The average molecular weight is 423 g/mol. The quantitative estimate of drug-likeness (QED) is 0.533. The summed E-state index contributed by atoms with van der Waals surface area (Å²) in [6.07, 6.45) is -0.657. The number of benzene rings is 2. The molecule has 0 aliphatic rings. The lowest BCUT2D eigenvalue weighted by Gasteiger charge is -2.20. The minimum absolute atomic E-state index is 0.204. The molecule has 3 rings (SSSR count). The topological polar surface area (TPSA) is 98.0 Å². The molecule has 0 saturated carbocycles. The number of carbonyl (C=O) groups excluding carboxylic acids is 2. The summed E-state index contributed by atoms with van der Waals surface area (Å²) in [5.41, 5.74) is 1.82. The Hall–Kier alpha value is -3.42. The Labute approximate surface area is 180 Å². The zero-order valence-corrected chi connectivity index (χ0v) is 17.6. The standard InChI is InChI=1S/C24H25NO6/c1-15(22(26)16-7-5-4-6-8-16)25-14-20-9-10-21(31-20)17-11-18(23(27)29-2)13-19(12-17)24(28)30-3/h4-13,15,22,25-26H,14H2,1-3H3/t15-,22+/m1/s1. The predicted octanol–water partition coefficient (Wildman–Crippen LogP) is 3.73. The van der Waals surface area contributed by atoms with Crippen molar-refractivity contribution in [1.29, 1.82) is 0 Å². The summed E-state index contributed by atoms with van der Waals surface area (Å²) < 4.78 is 15.4. The van der Waals surface area contributed by atoms with Gasteiger partial charge < -0.3 is 24.3 Å². The highest BCUT2D eigenvalue weighted by molar-refractivity contribution is 5.97. The summed E-state index contributed by atoms with van der Waals surface area (Å²) in [4.78, 5) is 24.0. The number of aliphatic hydroxyl groups excluding tert-OH is 1. The van der Waals surface area contributed by atoms with Gasteiger partial charge in [0.2, 0.25) is 0 Å². The van der Waals surface area contributed by atoms with Crippen molar-refractivity contribution in [2.45, 2.75) is 25.6 Å². The van der Waals surface area contributed by atoms with Gasteiger partial charge in [-0.2, -0.15) is 0 Å². The van der Waals surface area contributed by atoms with E-state index in [0.29, 0.717) is 23.6 Å². The second-order valence-electron chi connectivity index (χ2n) is 7.07. The first-order valence-electron chi connectivity index (χ1n) is 9.80. The van der Waals surface area contributed by atoms with Crippen LogP contribution in [0.15, 0.2) is 65.1 Å². The molecule has 7 heteroatoms. The maximum absolute atomic E-state index is 12.0. The third kappa shape index (κ3) is 5.39. The van der Waals surface area contributed by atoms with Gasteiger partial charge in [-0.1, -0.05) is 30.3 Å². The zero-order valence-electron chi connectivity index (χ0n) is 17.6. The fourth-order valence-electron chi connectivity index (χ4n) is 3.18. The van der Waals surface area contributed by atoms with Crippen molar-refractivity contribution >= 4 is 11.9 Å². The van der Waals surface area contributed by atoms with Crippen molar-refractivity contribution in [3.05, 3.63) is 83.1 Å². The number of methoxy groups -OCH3 is 2. The van der Waals surface area contributed by atoms with Crippen molar-refractivity contribution in [3.8, 4) is 11.3 Å². The number of rotatable bonds is 8. The Morgan fingerprint density at radius 2 is 1.58 bits per heavy atom. The van der Waals surface area contributed by atoms with E-state index < -0.39 is 18.0 Å². The first-order chi connectivity index (χ1) is 14.9. The highest BCUT2D eigenvalue weighted by Crippen LogP contribution is 2.26. The van der Waals surface area contributed by atoms with E-state index in [2.05, 4.69) is 5.32 Å². The number of esters is 2. The Balaban J connectivity index is 1.75. The maximum atomic E-state index is 12.0. The second-order valence-corrected chi connectivity index (χ2v) is 7.07. The number of aliphatic hydroxyl groups is 1. The first kappa shape index (κ1) is 22.3. The van der Waals surface area contributed by atoms with E-state index in [1.165, 1.54) is 20.3 Å². The fraction of sp³-hybridized carbons (Fsp3) is 0.250. The van der Waals surface area contributed by atoms with Crippen LogP contribution in [0.1, 0.15) is 45.1 Å². The average Bonchev–Trinajstić information content (AvgIpc) is 3.30. The molecule has 0 unspecified atom stereocenters. The van der Waals surface area contributed by atoms with E-state index in [0.717, 1.165) is 5.56 Å². The molecule has 2 atom stereocenters. The second kappa shape index (κ2) is 10.1. The molecule has 7 nitrogen and oxygen atoms in total. The van der Waals surface area contributed by atoms with Gasteiger partial charge in [-0.3, -0.25) is 0 Å². The van der Waals surface area contributed by atoms with Crippen molar-refractivity contribution < 1.29 is 28.6 Å². The smallest absolute Gasteiger partial charge is 0.337 e. The number of hydrogen-bond acceptors (Lipinski definition) is 7. The molecule has 0 radical (unpaired) electrons. The van der Waals surface area contributed by atoms with E-state index in [1.807, 2.05) is 37.3 Å². The van der Waals surface area contributed by atoms with Crippen molar-refractivity contribution in [3.63, 3.8) is 0 Å². The number of furan rings is 1. The Bertz CT molecular complexity index is 1010. The summed E-state index contributed by atoms with van der Waals surface area (Å²) in [5.74, 6) is 0.00233. The van der Waals surface area contributed by atoms with Crippen LogP contribution in [0.2, 0.25) is 0 Å². The summed E-state index contributed by atoms with van der Waals surface area (Å²) in [7, 11) is 2.54. The van der Waals surface area contributed by atoms with Crippen LogP contribution in [0.4, 0.5) is 0 Å². The van der Waals surface area contributed by atoms with Gasteiger partial charge in [0.15, 0.2) is 0 Å². The molecular weight excluding hydrogens is 398 g/mol. The minimum atomic E-state index is -0.657. The van der Waals surface area contributed by atoms with Crippen LogP contribution in [0.3, 0.4) is 0 Å². The number of nitrogens with one attached hydrogen (secondary N) is 1. The molecule has 3 aromatic rings. The van der Waals surface area contributed by atoms with Gasteiger partial charge in [0.05, 0.1) is 38.0 Å². The lowest BCUT2D eigenvalue weighted by atomic mass is 10.0. The highest BCUT2D eigenvalue weighted by Gasteiger charge is 2.18. The van der Waals surface area contributed by atoms with Crippen LogP contribution < -0.4 is 5.32 Å². The van der Waals surface area contributed by atoms with Crippen LogP contribution in [-0.4, -0.2) is 37.3 Å². The molecule has 0 saturated heterocycles. The normalized spacial score (nSPS) is 12.8. The van der Waals surface area contributed by atoms with Gasteiger partial charge in [-0.15, -0.1) is 0 Å². The molecule has 0 fully saturated rings. The summed E-state index contributed by atoms with van der Waals surface area (Å²) in [6.45, 7) is 2.29. The van der Waals surface area contributed by atoms with Crippen LogP contribution >= 0.6 is 0 Å². The molecular formula is C24H25NO6. The lowest BCUT2D eigenvalue weighted by molar-refractivity contribution is 0.0599. The number of carbonyl (C=O) groups is 2. The van der Waals surface area contributed by atoms with E-state index in [-0.39, 0.29) is 17.2 Å². The maximum Gasteiger partial charge on any atom is 0.337 e. The molecule has 0 bridgehead atoms. The number of ether oxygens (including phenoxy) is 2. The Morgan fingerprint density at radius 1 is 0.968 bits per heavy atom. The Morgan fingerprint density at radius 3 is 2.16 bits per heavy atom. The summed E-state index contributed by atoms with van der Waals surface area (Å²) in [5, 5.41) is 13.7. The van der Waals surface area contributed by atoms with Gasteiger partial charge in [-0.25, -0.2) is 9.59 Å². The lowest BCUT2D eigenvalue weighted by Crippen LogP contribution is -2.31. The van der Waals surface area contributed by atoms with Crippen molar-refractivity contribution in [2.75, 3.05) is 14.2 Å². The zero-order chi connectivity index (χ0) is 22.4. The number of hydrogen-bond donors (Lipinski definition) is 2. The summed E-state index contributed by atoms with van der Waals surface area (Å²) in [6, 6.07) is 17.4. The van der Waals surface area contributed by atoms with E-state index in [9.17, 15) is 14.7 Å². The van der Waals surface area contributed by atoms with Gasteiger partial charge in [0.1, 0.15) is 11.5 Å². The SMILES string of the molecule is COC(=O)c1cc(C(=O)OC)cc(-c2ccc(CN[C@H](C)[C@H](O)c3ccccc3)o2)c1. The van der Waals surface area contributed by atoms with E-state index >= 15 is 0 Å². The molecule has 162 valence electrons. The van der Waals surface area contributed by atoms with Crippen LogP contribution in [0.25, 0.3) is 11.3 Å². The van der Waals surface area contributed by atoms with E-state index in [1.54, 1.807) is 24.3 Å². The molecule has 0 amide bonds. The third-order valence-electron chi connectivity index (χ3n) is 4.93. The monoisotopic (exact) mass is 423 g/mol. The van der Waals surface area contributed by atoms with Gasteiger partial charge in [-0.05, 0) is 42.8 Å². The molecule has 0 aliphatic heterocycles. The molecule has 31 heavy (non-hydrogen) atoms. The Kier molecular flexibility index (Phi) is 7.23. The molecule has 0 aliphatic carbocycles. The molecule has 2 N–H and O–H groups in total. The largest absolute Gasteiger partial charge is 0.465 e. The third-order valence-corrected chi connectivity index (χ3v) is 4.93. The molecule has 1 aromatic heterocycles. The van der Waals surface area contributed by atoms with Crippen LogP contribution in [0.5, 0.6) is 0 Å². The molecule has 1 heterocycles. The van der Waals surface area contributed by atoms with Gasteiger partial charge >= 0.3 is 11.9 Å². The van der Waals surface area contributed by atoms with Gasteiger partial charge in [0, 0.05) is 11.6 Å². The minimum Gasteiger partial charge on any atom is -0.465 e. The summed E-state index contributed by atoms with van der Waals surface area (Å²) >= 11 is 0. The first-order valence-corrected chi connectivity index (χ1v) is 9.80. The van der Waals surface area contributed by atoms with E-state index in [4.69, 9.17) is 13.9 Å². The van der Waals surface area contributed by atoms with Crippen LogP contribution in [0, 0.1) is 0 Å².